The largest absolute Gasteiger partial charge is 0.640 e. The number of unbranched alkanes of at least 4 members (excludes halogenated alkanes) is 6. The third-order valence-electron chi connectivity index (χ3n) is 5.16. The molecule has 2 rings (SSSR count). The zero-order valence-corrected chi connectivity index (χ0v) is 18.2. The Bertz CT molecular complexity index is 728. The van der Waals surface area contributed by atoms with Crippen LogP contribution in [0.5, 0.6) is 0 Å². The van der Waals surface area contributed by atoms with Gasteiger partial charge in [0.15, 0.2) is 7.79 Å². The highest BCUT2D eigenvalue weighted by atomic mass is 31.2. The van der Waals surface area contributed by atoms with Gasteiger partial charge in [-0.2, -0.15) is 9.76 Å². The fourth-order valence-electron chi connectivity index (χ4n) is 3.25. The van der Waals surface area contributed by atoms with E-state index in [1.807, 2.05) is 36.0 Å². The lowest BCUT2D eigenvalue weighted by atomic mass is 10.0. The maximum atomic E-state index is 13.2. The monoisotopic (exact) mass is 396 g/mol. The van der Waals surface area contributed by atoms with Crippen LogP contribution in [0.3, 0.4) is 0 Å². The topological polar surface area (TPSA) is 38.3 Å². The Morgan fingerprint density at radius 3 is 2.32 bits per heavy atom. The number of allylic oxidation sites excluding steroid dienone is 1. The molecule has 28 heavy (non-hydrogen) atoms. The molecule has 4 heteroatoms. The molecule has 3 atom stereocenters. The number of nitrogens with zero attached hydrogens (tertiary/aromatic N) is 1. The number of rotatable bonds is 8. The summed E-state index contributed by atoms with van der Waals surface area (Å²) in [6.45, 7) is 5.83. The van der Waals surface area contributed by atoms with Gasteiger partial charge in [-0.3, -0.25) is 0 Å². The van der Waals surface area contributed by atoms with Crippen LogP contribution in [0, 0.1) is 23.4 Å². The van der Waals surface area contributed by atoms with Gasteiger partial charge in [-0.25, -0.2) is 0 Å². The van der Waals surface area contributed by atoms with Crippen LogP contribution in [0.15, 0.2) is 43.0 Å². The predicted octanol–water partition coefficient (Wildman–Crippen LogP) is 5.05. The van der Waals surface area contributed by atoms with E-state index in [1.165, 1.54) is 6.42 Å². The van der Waals surface area contributed by atoms with Crippen molar-refractivity contribution in [1.82, 2.24) is 9.76 Å². The second-order valence-corrected chi connectivity index (χ2v) is 9.56. The lowest BCUT2D eigenvalue weighted by Crippen LogP contribution is -2.29. The number of nitrogens with one attached hydrogen (secondary N) is 1. The SMILES string of the molecule is C=CCCCCC#CCCCCC#C[P+]1([O-])N[C@H](c2ccccc2)[C@H](C)N1C. The van der Waals surface area contributed by atoms with Gasteiger partial charge in [0.2, 0.25) is 0 Å². The van der Waals surface area contributed by atoms with E-state index in [9.17, 15) is 4.89 Å². The normalized spacial score (nSPS) is 24.1. The van der Waals surface area contributed by atoms with Crippen molar-refractivity contribution in [3.63, 3.8) is 0 Å². The van der Waals surface area contributed by atoms with E-state index in [2.05, 4.69) is 54.1 Å². The van der Waals surface area contributed by atoms with Gasteiger partial charge < -0.3 is 4.89 Å². The van der Waals surface area contributed by atoms with E-state index in [-0.39, 0.29) is 12.1 Å². The number of hydrogen-bond acceptors (Lipinski definition) is 3. The van der Waals surface area contributed by atoms with Gasteiger partial charge in [-0.05, 0) is 44.6 Å². The number of likely N-dealkylation sites (N-methyl/N-ethyl adjacent to an activating group) is 1. The van der Waals surface area contributed by atoms with Crippen molar-refractivity contribution in [2.45, 2.75) is 70.4 Å². The fraction of sp³-hybridized carbons (Fsp3) is 0.500. The minimum Gasteiger partial charge on any atom is -0.640 e. The van der Waals surface area contributed by atoms with Crippen LogP contribution < -0.4 is 9.98 Å². The molecule has 0 saturated carbocycles. The van der Waals surface area contributed by atoms with E-state index in [4.69, 9.17) is 0 Å². The minimum atomic E-state index is -2.83. The molecular weight excluding hydrogens is 363 g/mol. The van der Waals surface area contributed by atoms with Gasteiger partial charge >= 0.3 is 0 Å². The smallest absolute Gasteiger partial charge is 0.187 e. The summed E-state index contributed by atoms with van der Waals surface area (Å²) in [6, 6.07) is 10.4. The second kappa shape index (κ2) is 12.1. The first-order chi connectivity index (χ1) is 13.6. The molecule has 1 aromatic carbocycles. The molecule has 1 aliphatic rings. The Hall–Kier alpha value is -1.61. The van der Waals surface area contributed by atoms with Crippen LogP contribution in [0.1, 0.15) is 69.9 Å². The van der Waals surface area contributed by atoms with Gasteiger partial charge in [-0.1, -0.05) is 42.3 Å². The molecule has 0 aromatic heterocycles. The quantitative estimate of drug-likeness (QED) is 0.289. The molecule has 1 heterocycles. The second-order valence-electron chi connectivity index (χ2n) is 7.29. The minimum absolute atomic E-state index is 0.0492. The summed E-state index contributed by atoms with van der Waals surface area (Å²) in [5, 5.41) is 3.30. The Labute approximate surface area is 172 Å². The first-order valence-electron chi connectivity index (χ1n) is 10.3. The molecule has 150 valence electrons. The van der Waals surface area contributed by atoms with Crippen molar-refractivity contribution in [3.8, 4) is 23.4 Å². The van der Waals surface area contributed by atoms with E-state index >= 15 is 0 Å². The summed E-state index contributed by atoms with van der Waals surface area (Å²) in [4.78, 5) is 13.2. The van der Waals surface area contributed by atoms with Crippen molar-refractivity contribution in [2.24, 2.45) is 0 Å². The van der Waals surface area contributed by atoms with E-state index in [0.29, 0.717) is 0 Å². The molecular formula is C24H33N2OP. The molecule has 1 saturated heterocycles. The summed E-state index contributed by atoms with van der Waals surface area (Å²) >= 11 is 0. The summed E-state index contributed by atoms with van der Waals surface area (Å²) in [5.74, 6) is 9.62. The average molecular weight is 397 g/mol. The van der Waals surface area contributed by atoms with Crippen LogP contribution in [0.25, 0.3) is 0 Å². The maximum absolute atomic E-state index is 13.2. The zero-order chi connectivity index (χ0) is 20.2. The average Bonchev–Trinajstić information content (AvgIpc) is 2.94. The molecule has 1 unspecified atom stereocenters. The third kappa shape index (κ3) is 6.77. The molecule has 0 aliphatic carbocycles. The highest BCUT2D eigenvalue weighted by Gasteiger charge is 2.48. The van der Waals surface area contributed by atoms with Crippen LogP contribution in [-0.4, -0.2) is 17.8 Å². The Kier molecular flexibility index (Phi) is 9.77. The van der Waals surface area contributed by atoms with Crippen molar-refractivity contribution in [1.29, 1.82) is 0 Å². The van der Waals surface area contributed by atoms with Crippen LogP contribution in [-0.2, 0) is 0 Å². The first kappa shape index (κ1) is 22.7. The Morgan fingerprint density at radius 1 is 1.07 bits per heavy atom. The van der Waals surface area contributed by atoms with Crippen molar-refractivity contribution in [3.05, 3.63) is 48.6 Å². The molecule has 1 fully saturated rings. The number of benzene rings is 1. The van der Waals surface area contributed by atoms with Crippen molar-refractivity contribution in [2.75, 3.05) is 7.05 Å². The molecule has 1 aliphatic heterocycles. The van der Waals surface area contributed by atoms with E-state index in [1.54, 1.807) is 0 Å². The summed E-state index contributed by atoms with van der Waals surface area (Å²) in [7, 11) is -0.928. The molecule has 1 N–H and O–H groups in total. The highest BCUT2D eigenvalue weighted by Crippen LogP contribution is 2.57. The molecule has 0 radical (unpaired) electrons. The lowest BCUT2D eigenvalue weighted by molar-refractivity contribution is -0.177. The third-order valence-corrected chi connectivity index (χ3v) is 7.50. The summed E-state index contributed by atoms with van der Waals surface area (Å²) < 4.78 is 1.91. The molecule has 3 nitrogen and oxygen atoms in total. The summed E-state index contributed by atoms with van der Waals surface area (Å²) in [5.41, 5.74) is 4.20. The van der Waals surface area contributed by atoms with E-state index in [0.717, 1.165) is 50.5 Å². The lowest BCUT2D eigenvalue weighted by Gasteiger charge is -2.26. The van der Waals surface area contributed by atoms with Gasteiger partial charge in [-0.15, -0.1) is 18.4 Å². The van der Waals surface area contributed by atoms with Gasteiger partial charge in [0.25, 0.3) is 0 Å². The van der Waals surface area contributed by atoms with Gasteiger partial charge in [0.1, 0.15) is 5.66 Å². The molecule has 0 spiro atoms. The Balaban J connectivity index is 1.73. The van der Waals surface area contributed by atoms with Gasteiger partial charge in [0, 0.05) is 26.3 Å². The van der Waals surface area contributed by atoms with Crippen molar-refractivity contribution < 1.29 is 4.89 Å². The highest BCUT2D eigenvalue weighted by molar-refractivity contribution is 7.70. The van der Waals surface area contributed by atoms with Crippen LogP contribution in [0.2, 0.25) is 0 Å². The first-order valence-corrected chi connectivity index (χ1v) is 12.0. The maximum Gasteiger partial charge on any atom is 0.187 e. The molecule has 1 aromatic rings. The van der Waals surface area contributed by atoms with E-state index < -0.39 is 7.79 Å². The molecule has 0 bridgehead atoms. The predicted molar refractivity (Wildman–Crippen MR) is 119 cm³/mol. The van der Waals surface area contributed by atoms with Gasteiger partial charge in [0.05, 0.1) is 12.1 Å². The Morgan fingerprint density at radius 2 is 1.68 bits per heavy atom. The fourth-order valence-corrected chi connectivity index (χ4v) is 5.37. The zero-order valence-electron chi connectivity index (χ0n) is 17.3. The number of hydrogen-bond donors (Lipinski definition) is 1. The standard InChI is InChI=1S/C24H33N2OP/c1-4-5-6-7-8-9-10-11-12-13-14-18-21-28(27)25-24(22(2)26(28)3)23-19-16-15-17-20-23/h4,15-17,19-20,22,24H,1,5-8,11-14H2,2-3H3,(H,25,27)/t22-,24-,28?/m0/s1. The van der Waals surface area contributed by atoms with Crippen molar-refractivity contribution >= 4 is 7.79 Å². The van der Waals surface area contributed by atoms with Crippen LogP contribution >= 0.6 is 7.79 Å². The summed E-state index contributed by atoms with van der Waals surface area (Å²) in [6.07, 6.45) is 10.1. The van der Waals surface area contributed by atoms with Crippen LogP contribution in [0.4, 0.5) is 0 Å². The molecule has 0 amide bonds.